The van der Waals surface area contributed by atoms with Gasteiger partial charge in [-0.3, -0.25) is 4.21 Å². The summed E-state index contributed by atoms with van der Waals surface area (Å²) < 4.78 is 72.8. The molecule has 1 saturated heterocycles. The zero-order chi connectivity index (χ0) is 25.0. The van der Waals surface area contributed by atoms with Crippen molar-refractivity contribution >= 4 is 34.3 Å². The van der Waals surface area contributed by atoms with Gasteiger partial charge in [-0.2, -0.15) is 13.2 Å². The number of carboxylic acids is 1. The van der Waals surface area contributed by atoms with E-state index in [0.717, 1.165) is 49.2 Å². The van der Waals surface area contributed by atoms with Gasteiger partial charge in [0.1, 0.15) is 21.8 Å². The van der Waals surface area contributed by atoms with E-state index in [1.165, 1.54) is 5.56 Å². The van der Waals surface area contributed by atoms with Crippen molar-refractivity contribution in [1.82, 2.24) is 10.0 Å². The standard InChI is InChI=1S/C18H27N3O3S2.C2HF3O2/c1-17(2,3)25(22)21-16-15-10-13(12-20-26(23)24)4-5-14(15)11-18(16)6-8-19-9-7-18;3-2(4,5)1(6)7/h4-5,10,19-20H,6-9,11-12H2,1-3H3,(H,23,24);(H,6,7)/p-1. The van der Waals surface area contributed by atoms with Crippen LogP contribution in [0.1, 0.15) is 50.3 Å². The van der Waals surface area contributed by atoms with Gasteiger partial charge >= 0.3 is 12.1 Å². The Morgan fingerprint density at radius 1 is 1.30 bits per heavy atom. The molecule has 2 atom stereocenters. The van der Waals surface area contributed by atoms with Crippen molar-refractivity contribution < 1.29 is 36.4 Å². The third-order valence-corrected chi connectivity index (χ3v) is 7.13. The molecule has 0 aromatic heterocycles. The molecule has 2 unspecified atom stereocenters. The highest BCUT2D eigenvalue weighted by molar-refractivity contribution is 7.91. The highest BCUT2D eigenvalue weighted by Crippen LogP contribution is 2.45. The van der Waals surface area contributed by atoms with Crippen LogP contribution in [0.2, 0.25) is 0 Å². The number of nitrogens with one attached hydrogen (secondary N) is 2. The summed E-state index contributed by atoms with van der Waals surface area (Å²) in [4.78, 5) is 8.90. The Morgan fingerprint density at radius 2 is 1.88 bits per heavy atom. The van der Waals surface area contributed by atoms with Crippen LogP contribution in [0.4, 0.5) is 13.2 Å². The SMILES string of the molecule is CC(C)(C)[S+]([O-])N=C1c2cc(CNS(=O)[O-])ccc2CC12CCNCC2.O=C(O)C(F)(F)F. The molecule has 1 aliphatic carbocycles. The average Bonchev–Trinajstić information content (AvgIpc) is 2.98. The van der Waals surface area contributed by atoms with Gasteiger partial charge in [0.05, 0.1) is 0 Å². The molecule has 3 N–H and O–H groups in total. The molecule has 1 aliphatic heterocycles. The molecule has 13 heteroatoms. The number of benzene rings is 1. The molecule has 1 aromatic rings. The second kappa shape index (κ2) is 10.8. The molecule has 0 amide bonds. The maximum atomic E-state index is 12.8. The van der Waals surface area contributed by atoms with Gasteiger partial charge in [-0.15, -0.1) is 0 Å². The fourth-order valence-corrected chi connectivity index (χ4v) is 4.69. The Kier molecular flexibility index (Phi) is 9.10. The molecular weight excluding hydrogens is 483 g/mol. The second-order valence-electron chi connectivity index (χ2n) is 8.86. The van der Waals surface area contributed by atoms with E-state index >= 15 is 0 Å². The lowest BCUT2D eigenvalue weighted by Crippen LogP contribution is -2.42. The molecule has 3 rings (SSSR count). The lowest BCUT2D eigenvalue weighted by Gasteiger charge is -2.34. The first-order chi connectivity index (χ1) is 15.2. The zero-order valence-electron chi connectivity index (χ0n) is 18.5. The van der Waals surface area contributed by atoms with Gasteiger partial charge in [-0.05, 0) is 70.3 Å². The van der Waals surface area contributed by atoms with Crippen LogP contribution in [0.15, 0.2) is 22.6 Å². The fraction of sp³-hybridized carbons (Fsp3) is 0.600. The molecule has 1 fully saturated rings. The number of rotatable bonds is 4. The number of carboxylic acid groups (broad SMARTS) is 1. The van der Waals surface area contributed by atoms with E-state index in [2.05, 4.69) is 16.1 Å². The van der Waals surface area contributed by atoms with Crippen LogP contribution in [-0.4, -0.2) is 54.1 Å². The van der Waals surface area contributed by atoms with Crippen LogP contribution in [0.5, 0.6) is 0 Å². The third kappa shape index (κ3) is 7.49. The topological polar surface area (TPSA) is 137 Å². The zero-order valence-corrected chi connectivity index (χ0v) is 20.1. The largest absolute Gasteiger partial charge is 0.760 e. The summed E-state index contributed by atoms with van der Waals surface area (Å²) in [5.74, 6) is -2.76. The first-order valence-corrected chi connectivity index (χ1v) is 12.3. The molecule has 0 saturated carbocycles. The van der Waals surface area contributed by atoms with Crippen molar-refractivity contribution in [3.8, 4) is 0 Å². The summed E-state index contributed by atoms with van der Waals surface area (Å²) in [5, 5.41) is 10.5. The van der Waals surface area contributed by atoms with Crippen molar-refractivity contribution in [2.75, 3.05) is 13.1 Å². The number of carbonyl (C=O) groups is 1. The fourth-order valence-electron chi connectivity index (χ4n) is 3.67. The van der Waals surface area contributed by atoms with Crippen molar-refractivity contribution in [2.24, 2.45) is 9.81 Å². The Balaban J connectivity index is 0.000000479. The molecule has 0 bridgehead atoms. The van der Waals surface area contributed by atoms with E-state index in [1.807, 2.05) is 32.9 Å². The first kappa shape index (κ1) is 27.7. The summed E-state index contributed by atoms with van der Waals surface area (Å²) >= 11 is -3.62. The lowest BCUT2D eigenvalue weighted by molar-refractivity contribution is -0.192. The summed E-state index contributed by atoms with van der Waals surface area (Å²) in [6, 6.07) is 6.02. The minimum Gasteiger partial charge on any atom is -0.760 e. The van der Waals surface area contributed by atoms with E-state index in [1.54, 1.807) is 0 Å². The molecule has 1 aromatic carbocycles. The Bertz CT molecular complexity index is 913. The number of fused-ring (bicyclic) bond motifs is 1. The molecule has 8 nitrogen and oxygen atoms in total. The quantitative estimate of drug-likeness (QED) is 0.420. The van der Waals surface area contributed by atoms with Crippen molar-refractivity contribution in [2.45, 2.75) is 57.5 Å². The van der Waals surface area contributed by atoms with Crippen molar-refractivity contribution in [3.05, 3.63) is 34.9 Å². The van der Waals surface area contributed by atoms with Crippen LogP contribution in [0.3, 0.4) is 0 Å². The van der Waals surface area contributed by atoms with Gasteiger partial charge in [-0.1, -0.05) is 16.5 Å². The minimum absolute atomic E-state index is 0.0676. The Morgan fingerprint density at radius 3 is 2.36 bits per heavy atom. The van der Waals surface area contributed by atoms with Crippen LogP contribution >= 0.6 is 0 Å². The minimum atomic E-state index is -5.08. The van der Waals surface area contributed by atoms with Gasteiger partial charge in [0, 0.05) is 28.8 Å². The van der Waals surface area contributed by atoms with Gasteiger partial charge in [0.25, 0.3) is 0 Å². The van der Waals surface area contributed by atoms with Gasteiger partial charge in [0.15, 0.2) is 0 Å². The molecule has 2 aliphatic rings. The van der Waals surface area contributed by atoms with Crippen LogP contribution in [0.25, 0.3) is 0 Å². The highest BCUT2D eigenvalue weighted by Gasteiger charge is 2.46. The molecule has 1 spiro atoms. The normalized spacial score (nSPS) is 20.7. The molecule has 33 heavy (non-hydrogen) atoms. The van der Waals surface area contributed by atoms with E-state index in [0.29, 0.717) is 0 Å². The van der Waals surface area contributed by atoms with Gasteiger partial charge in [0.2, 0.25) is 0 Å². The molecule has 186 valence electrons. The maximum absolute atomic E-state index is 12.8. The van der Waals surface area contributed by atoms with Crippen molar-refractivity contribution in [3.63, 3.8) is 0 Å². The first-order valence-electron chi connectivity index (χ1n) is 10.1. The number of hydrogen-bond acceptors (Lipinski definition) is 6. The summed E-state index contributed by atoms with van der Waals surface area (Å²) in [6.07, 6.45) is -2.23. The van der Waals surface area contributed by atoms with E-state index in [-0.39, 0.29) is 12.0 Å². The number of hydrogen-bond donors (Lipinski definition) is 3. The lowest BCUT2D eigenvalue weighted by atomic mass is 9.75. The molecule has 0 radical (unpaired) electrons. The van der Waals surface area contributed by atoms with Gasteiger partial charge in [-0.25, -0.2) is 9.52 Å². The maximum Gasteiger partial charge on any atom is 0.490 e. The monoisotopic (exact) mass is 510 g/mol. The Labute approximate surface area is 196 Å². The van der Waals surface area contributed by atoms with Crippen molar-refractivity contribution in [1.29, 1.82) is 0 Å². The number of alkyl halides is 3. The smallest absolute Gasteiger partial charge is 0.490 e. The third-order valence-electron chi connectivity index (χ3n) is 5.36. The number of aliphatic carboxylic acids is 1. The predicted molar refractivity (Wildman–Crippen MR) is 119 cm³/mol. The van der Waals surface area contributed by atoms with Crippen LogP contribution in [0, 0.1) is 5.41 Å². The average molecular weight is 511 g/mol. The molecule has 1 heterocycles. The summed E-state index contributed by atoms with van der Waals surface area (Å²) in [7, 11) is 0. The number of halogens is 3. The predicted octanol–water partition coefficient (Wildman–Crippen LogP) is 2.38. The highest BCUT2D eigenvalue weighted by atomic mass is 32.2. The van der Waals surface area contributed by atoms with E-state index in [9.17, 15) is 26.5 Å². The van der Waals surface area contributed by atoms with E-state index in [4.69, 9.17) is 14.3 Å². The van der Waals surface area contributed by atoms with E-state index < -0.39 is 39.5 Å². The summed E-state index contributed by atoms with van der Waals surface area (Å²) in [5.41, 5.74) is 3.99. The number of nitrogens with zero attached hydrogens (tertiary/aromatic N) is 1. The Hall–Kier alpha value is -1.51. The van der Waals surface area contributed by atoms with Crippen LogP contribution < -0.4 is 10.0 Å². The van der Waals surface area contributed by atoms with Gasteiger partial charge < -0.3 is 19.5 Å². The summed E-state index contributed by atoms with van der Waals surface area (Å²) in [6.45, 7) is 7.90. The molecular formula is C20H27F3N3O5S2-. The number of piperidine rings is 1. The van der Waals surface area contributed by atoms with Crippen LogP contribution in [-0.2, 0) is 40.4 Å². The second-order valence-corrected chi connectivity index (χ2v) is 11.5.